The molecule has 5 heteroatoms. The number of rotatable bonds is 6. The minimum Gasteiger partial charge on any atom is -0.382 e. The SMILES string of the molecule is CNc1cnc(COCCOC)cn1. The van der Waals surface area contributed by atoms with Gasteiger partial charge in [0.2, 0.25) is 0 Å². The quantitative estimate of drug-likeness (QED) is 0.680. The van der Waals surface area contributed by atoms with Gasteiger partial charge in [-0.15, -0.1) is 0 Å². The summed E-state index contributed by atoms with van der Waals surface area (Å²) in [5.74, 6) is 0.755. The third-order valence-corrected chi connectivity index (χ3v) is 1.64. The number of methoxy groups -OCH3 is 1. The van der Waals surface area contributed by atoms with Crippen molar-refractivity contribution in [3.63, 3.8) is 0 Å². The first kappa shape index (κ1) is 10.9. The maximum Gasteiger partial charge on any atom is 0.144 e. The van der Waals surface area contributed by atoms with Gasteiger partial charge in [0, 0.05) is 14.2 Å². The van der Waals surface area contributed by atoms with Crippen LogP contribution >= 0.6 is 0 Å². The topological polar surface area (TPSA) is 56.3 Å². The van der Waals surface area contributed by atoms with E-state index in [0.717, 1.165) is 11.5 Å². The van der Waals surface area contributed by atoms with Crippen LogP contribution in [0.25, 0.3) is 0 Å². The molecule has 0 aromatic carbocycles. The number of anilines is 1. The largest absolute Gasteiger partial charge is 0.382 e. The normalized spacial score (nSPS) is 10.1. The van der Waals surface area contributed by atoms with Crippen LogP contribution in [0.3, 0.4) is 0 Å². The Morgan fingerprint density at radius 1 is 1.29 bits per heavy atom. The molecule has 0 aliphatic rings. The molecule has 5 nitrogen and oxygen atoms in total. The van der Waals surface area contributed by atoms with E-state index in [1.54, 1.807) is 26.6 Å². The average molecular weight is 197 g/mol. The zero-order valence-electron chi connectivity index (χ0n) is 8.49. The maximum absolute atomic E-state index is 5.29. The number of hydrogen-bond acceptors (Lipinski definition) is 5. The fourth-order valence-electron chi connectivity index (χ4n) is 0.877. The van der Waals surface area contributed by atoms with E-state index in [4.69, 9.17) is 9.47 Å². The van der Waals surface area contributed by atoms with Crippen molar-refractivity contribution in [2.75, 3.05) is 32.7 Å². The Morgan fingerprint density at radius 2 is 2.14 bits per heavy atom. The minimum atomic E-state index is 0.473. The monoisotopic (exact) mass is 197 g/mol. The molecule has 78 valence electrons. The molecule has 14 heavy (non-hydrogen) atoms. The zero-order chi connectivity index (χ0) is 10.2. The van der Waals surface area contributed by atoms with E-state index >= 15 is 0 Å². The summed E-state index contributed by atoms with van der Waals surface area (Å²) >= 11 is 0. The highest BCUT2D eigenvalue weighted by molar-refractivity contribution is 5.29. The summed E-state index contributed by atoms with van der Waals surface area (Å²) in [7, 11) is 3.45. The molecule has 1 aromatic rings. The Hall–Kier alpha value is -1.20. The van der Waals surface area contributed by atoms with Gasteiger partial charge in [0.05, 0.1) is 37.9 Å². The summed E-state index contributed by atoms with van der Waals surface area (Å²) in [4.78, 5) is 8.27. The summed E-state index contributed by atoms with van der Waals surface area (Å²) in [5, 5.41) is 2.90. The van der Waals surface area contributed by atoms with E-state index in [-0.39, 0.29) is 0 Å². The van der Waals surface area contributed by atoms with Gasteiger partial charge in [-0.1, -0.05) is 0 Å². The van der Waals surface area contributed by atoms with Crippen molar-refractivity contribution < 1.29 is 9.47 Å². The van der Waals surface area contributed by atoms with Crippen LogP contribution in [0.5, 0.6) is 0 Å². The molecular formula is C9H15N3O2. The molecule has 1 N–H and O–H groups in total. The van der Waals surface area contributed by atoms with Crippen LogP contribution in [0.2, 0.25) is 0 Å². The van der Waals surface area contributed by atoms with Crippen LogP contribution in [0, 0.1) is 0 Å². The Balaban J connectivity index is 2.29. The average Bonchev–Trinajstić information content (AvgIpc) is 2.25. The van der Waals surface area contributed by atoms with Crippen molar-refractivity contribution in [2.45, 2.75) is 6.61 Å². The molecule has 0 spiro atoms. The van der Waals surface area contributed by atoms with Crippen LogP contribution in [-0.2, 0) is 16.1 Å². The van der Waals surface area contributed by atoms with Crippen LogP contribution in [0.4, 0.5) is 5.82 Å². The van der Waals surface area contributed by atoms with Crippen LogP contribution in [0.15, 0.2) is 12.4 Å². The number of hydrogen-bond donors (Lipinski definition) is 1. The highest BCUT2D eigenvalue weighted by Crippen LogP contribution is 2.00. The van der Waals surface area contributed by atoms with Crippen LogP contribution in [0.1, 0.15) is 5.69 Å². The Labute approximate surface area is 83.5 Å². The molecule has 0 amide bonds. The molecule has 0 saturated carbocycles. The fraction of sp³-hybridized carbons (Fsp3) is 0.556. The molecule has 1 rings (SSSR count). The summed E-state index contributed by atoms with van der Waals surface area (Å²) < 4.78 is 10.1. The second kappa shape index (κ2) is 6.28. The maximum atomic E-state index is 5.29. The predicted molar refractivity (Wildman–Crippen MR) is 53.1 cm³/mol. The summed E-state index contributed by atoms with van der Waals surface area (Å²) in [6.45, 7) is 1.65. The van der Waals surface area contributed by atoms with Crippen molar-refractivity contribution in [2.24, 2.45) is 0 Å². The Bertz CT molecular complexity index is 251. The van der Waals surface area contributed by atoms with Crippen molar-refractivity contribution >= 4 is 5.82 Å². The van der Waals surface area contributed by atoms with E-state index in [2.05, 4.69) is 15.3 Å². The fourth-order valence-corrected chi connectivity index (χ4v) is 0.877. The van der Waals surface area contributed by atoms with Crippen LogP contribution in [-0.4, -0.2) is 37.3 Å². The van der Waals surface area contributed by atoms with Gasteiger partial charge in [0.15, 0.2) is 0 Å². The lowest BCUT2D eigenvalue weighted by Gasteiger charge is -2.03. The molecule has 0 saturated heterocycles. The number of nitrogens with zero attached hydrogens (tertiary/aromatic N) is 2. The highest BCUT2D eigenvalue weighted by atomic mass is 16.5. The first-order valence-electron chi connectivity index (χ1n) is 4.42. The molecule has 1 aromatic heterocycles. The minimum absolute atomic E-state index is 0.473. The molecular weight excluding hydrogens is 182 g/mol. The van der Waals surface area contributed by atoms with Crippen molar-refractivity contribution in [1.82, 2.24) is 9.97 Å². The van der Waals surface area contributed by atoms with Crippen LogP contribution < -0.4 is 5.32 Å². The van der Waals surface area contributed by atoms with E-state index in [9.17, 15) is 0 Å². The molecule has 0 fully saturated rings. The first-order chi connectivity index (χ1) is 6.86. The van der Waals surface area contributed by atoms with Gasteiger partial charge in [-0.25, -0.2) is 4.98 Å². The highest BCUT2D eigenvalue weighted by Gasteiger charge is 1.95. The third kappa shape index (κ3) is 3.68. The van der Waals surface area contributed by atoms with E-state index in [1.807, 2.05) is 0 Å². The second-order valence-electron chi connectivity index (χ2n) is 2.69. The van der Waals surface area contributed by atoms with Crippen molar-refractivity contribution in [3.8, 4) is 0 Å². The first-order valence-corrected chi connectivity index (χ1v) is 4.42. The van der Waals surface area contributed by atoms with Gasteiger partial charge in [-0.3, -0.25) is 4.98 Å². The zero-order valence-corrected chi connectivity index (χ0v) is 8.49. The van der Waals surface area contributed by atoms with Gasteiger partial charge < -0.3 is 14.8 Å². The molecule has 0 unspecified atom stereocenters. The van der Waals surface area contributed by atoms with E-state index in [0.29, 0.717) is 19.8 Å². The molecule has 0 bridgehead atoms. The lowest BCUT2D eigenvalue weighted by molar-refractivity contribution is 0.0601. The molecule has 0 aliphatic heterocycles. The van der Waals surface area contributed by atoms with Gasteiger partial charge >= 0.3 is 0 Å². The van der Waals surface area contributed by atoms with Crippen molar-refractivity contribution in [1.29, 1.82) is 0 Å². The molecule has 1 heterocycles. The van der Waals surface area contributed by atoms with Gasteiger partial charge in [0.1, 0.15) is 5.82 Å². The van der Waals surface area contributed by atoms with Gasteiger partial charge in [-0.05, 0) is 0 Å². The van der Waals surface area contributed by atoms with E-state index < -0.39 is 0 Å². The molecule has 0 aliphatic carbocycles. The Morgan fingerprint density at radius 3 is 2.71 bits per heavy atom. The molecule has 0 atom stereocenters. The third-order valence-electron chi connectivity index (χ3n) is 1.64. The smallest absolute Gasteiger partial charge is 0.144 e. The Kier molecular flexibility index (Phi) is 4.88. The summed E-state index contributed by atoms with van der Waals surface area (Å²) in [6, 6.07) is 0. The van der Waals surface area contributed by atoms with Gasteiger partial charge in [0.25, 0.3) is 0 Å². The summed E-state index contributed by atoms with van der Waals surface area (Å²) in [6.07, 6.45) is 3.37. The lowest BCUT2D eigenvalue weighted by atomic mass is 10.5. The van der Waals surface area contributed by atoms with Crippen molar-refractivity contribution in [3.05, 3.63) is 18.1 Å². The number of nitrogens with one attached hydrogen (secondary N) is 1. The number of ether oxygens (including phenoxy) is 2. The lowest BCUT2D eigenvalue weighted by Crippen LogP contribution is -2.03. The van der Waals surface area contributed by atoms with E-state index in [1.165, 1.54) is 0 Å². The second-order valence-corrected chi connectivity index (χ2v) is 2.69. The standard InChI is InChI=1S/C9H15N3O2/c1-10-9-6-11-8(5-12-9)7-14-4-3-13-2/h5-6H,3-4,7H2,1-2H3,(H,10,12). The number of aromatic nitrogens is 2. The summed E-state index contributed by atoms with van der Waals surface area (Å²) in [5.41, 5.74) is 0.820. The molecule has 0 radical (unpaired) electrons. The van der Waals surface area contributed by atoms with Gasteiger partial charge in [-0.2, -0.15) is 0 Å². The predicted octanol–water partition coefficient (Wildman–Crippen LogP) is 0.681.